The first-order chi connectivity index (χ1) is 6.11. The molecule has 0 aliphatic rings. The number of aliphatic hydroxyl groups is 2. The molecule has 5 heteroatoms. The lowest BCUT2D eigenvalue weighted by Gasteiger charge is -2.20. The summed E-state index contributed by atoms with van der Waals surface area (Å²) in [7, 11) is 0. The second kappa shape index (κ2) is 6.82. The molecule has 0 spiro atoms. The summed E-state index contributed by atoms with van der Waals surface area (Å²) < 4.78 is 9.64. The van der Waals surface area contributed by atoms with E-state index in [1.165, 1.54) is 6.92 Å². The second-order valence-electron chi connectivity index (χ2n) is 2.60. The highest BCUT2D eigenvalue weighted by molar-refractivity contribution is 5.66. The fourth-order valence-electron chi connectivity index (χ4n) is 0.707. The van der Waals surface area contributed by atoms with E-state index in [2.05, 4.69) is 4.74 Å². The normalized spacial score (nSPS) is 15.1. The van der Waals surface area contributed by atoms with Crippen LogP contribution in [0.15, 0.2) is 0 Å². The van der Waals surface area contributed by atoms with Gasteiger partial charge in [0.05, 0.1) is 13.2 Å². The molecule has 0 aromatic carbocycles. The Balaban J connectivity index is 3.94. The summed E-state index contributed by atoms with van der Waals surface area (Å²) in [5.41, 5.74) is 0. The van der Waals surface area contributed by atoms with Crippen molar-refractivity contribution in [3.05, 3.63) is 0 Å². The Morgan fingerprint density at radius 2 is 2.15 bits per heavy atom. The van der Waals surface area contributed by atoms with Gasteiger partial charge in [0.25, 0.3) is 0 Å². The molecule has 0 saturated heterocycles. The molecule has 0 fully saturated rings. The third kappa shape index (κ3) is 5.57. The summed E-state index contributed by atoms with van der Waals surface area (Å²) in [6.45, 7) is 2.97. The van der Waals surface area contributed by atoms with E-state index in [1.54, 1.807) is 0 Å². The van der Waals surface area contributed by atoms with Crippen molar-refractivity contribution in [2.45, 2.75) is 32.7 Å². The van der Waals surface area contributed by atoms with Gasteiger partial charge in [0.1, 0.15) is 6.10 Å². The Bertz CT molecular complexity index is 147. The van der Waals surface area contributed by atoms with Crippen molar-refractivity contribution in [1.29, 1.82) is 0 Å². The third-order valence-electron chi connectivity index (χ3n) is 1.27. The standard InChI is InChI=1S/C8H16O5/c1-3-4-12-8(7(11)5-9)13-6(2)10/h7-9,11H,3-5H2,1-2H3. The van der Waals surface area contributed by atoms with Crippen LogP contribution in [0.1, 0.15) is 20.3 Å². The zero-order valence-electron chi connectivity index (χ0n) is 7.90. The molecule has 0 aromatic rings. The van der Waals surface area contributed by atoms with Crippen molar-refractivity contribution in [2.75, 3.05) is 13.2 Å². The molecule has 0 aliphatic heterocycles. The van der Waals surface area contributed by atoms with Crippen LogP contribution in [0.3, 0.4) is 0 Å². The van der Waals surface area contributed by atoms with Crippen LogP contribution in [0, 0.1) is 0 Å². The van der Waals surface area contributed by atoms with Crippen LogP contribution < -0.4 is 0 Å². The van der Waals surface area contributed by atoms with Crippen molar-refractivity contribution >= 4 is 5.97 Å². The zero-order chi connectivity index (χ0) is 10.3. The van der Waals surface area contributed by atoms with E-state index in [0.29, 0.717) is 6.61 Å². The van der Waals surface area contributed by atoms with Crippen molar-refractivity contribution in [3.63, 3.8) is 0 Å². The minimum atomic E-state index is -1.18. The van der Waals surface area contributed by atoms with E-state index < -0.39 is 25.0 Å². The van der Waals surface area contributed by atoms with Gasteiger partial charge in [0.15, 0.2) is 0 Å². The summed E-state index contributed by atoms with van der Waals surface area (Å²) >= 11 is 0. The Morgan fingerprint density at radius 3 is 2.54 bits per heavy atom. The lowest BCUT2D eigenvalue weighted by Crippen LogP contribution is -2.36. The predicted molar refractivity (Wildman–Crippen MR) is 44.9 cm³/mol. The number of hydrogen-bond donors (Lipinski definition) is 2. The molecule has 2 unspecified atom stereocenters. The van der Waals surface area contributed by atoms with E-state index >= 15 is 0 Å². The number of hydrogen-bond acceptors (Lipinski definition) is 5. The van der Waals surface area contributed by atoms with Gasteiger partial charge in [-0.1, -0.05) is 6.92 Å². The highest BCUT2D eigenvalue weighted by atomic mass is 16.7. The Labute approximate surface area is 77.3 Å². The molecule has 0 rings (SSSR count). The van der Waals surface area contributed by atoms with E-state index in [9.17, 15) is 4.79 Å². The Hall–Kier alpha value is -0.650. The molecule has 0 aliphatic carbocycles. The van der Waals surface area contributed by atoms with Crippen molar-refractivity contribution in [2.24, 2.45) is 0 Å². The van der Waals surface area contributed by atoms with Crippen molar-refractivity contribution < 1.29 is 24.5 Å². The molecule has 0 aromatic heterocycles. The average Bonchev–Trinajstić information content (AvgIpc) is 2.10. The molecule has 0 radical (unpaired) electrons. The maximum Gasteiger partial charge on any atom is 0.305 e. The van der Waals surface area contributed by atoms with Gasteiger partial charge >= 0.3 is 5.97 Å². The van der Waals surface area contributed by atoms with Gasteiger partial charge < -0.3 is 19.7 Å². The number of carbonyl (C=O) groups is 1. The number of aliphatic hydroxyl groups excluding tert-OH is 2. The van der Waals surface area contributed by atoms with Gasteiger partial charge in [-0.25, -0.2) is 0 Å². The van der Waals surface area contributed by atoms with Crippen LogP contribution in [0.5, 0.6) is 0 Å². The molecule has 13 heavy (non-hydrogen) atoms. The SMILES string of the molecule is CCCOC(OC(C)=O)C(O)CO. The molecule has 5 nitrogen and oxygen atoms in total. The summed E-state index contributed by atoms with van der Waals surface area (Å²) in [5, 5.41) is 17.7. The molecule has 2 N–H and O–H groups in total. The Kier molecular flexibility index (Phi) is 6.48. The highest BCUT2D eigenvalue weighted by Gasteiger charge is 2.21. The number of esters is 1. The summed E-state index contributed by atoms with van der Waals surface area (Å²) in [5.74, 6) is -0.548. The monoisotopic (exact) mass is 192 g/mol. The number of rotatable bonds is 6. The topological polar surface area (TPSA) is 76.0 Å². The molecule has 2 atom stereocenters. The maximum atomic E-state index is 10.5. The van der Waals surface area contributed by atoms with E-state index in [-0.39, 0.29) is 0 Å². The predicted octanol–water partition coefficient (Wildman–Crippen LogP) is -0.345. The third-order valence-corrected chi connectivity index (χ3v) is 1.27. The van der Waals surface area contributed by atoms with E-state index in [1.807, 2.05) is 6.92 Å². The van der Waals surface area contributed by atoms with Crippen molar-refractivity contribution in [3.8, 4) is 0 Å². The van der Waals surface area contributed by atoms with E-state index in [4.69, 9.17) is 14.9 Å². The first-order valence-electron chi connectivity index (χ1n) is 4.19. The molecular weight excluding hydrogens is 176 g/mol. The average molecular weight is 192 g/mol. The molecule has 0 amide bonds. The fourth-order valence-corrected chi connectivity index (χ4v) is 0.707. The number of ether oxygens (including phenoxy) is 2. The summed E-state index contributed by atoms with van der Waals surface area (Å²) in [6.07, 6.45) is -1.51. The smallest absolute Gasteiger partial charge is 0.305 e. The van der Waals surface area contributed by atoms with Gasteiger partial charge in [0, 0.05) is 6.92 Å². The van der Waals surface area contributed by atoms with Gasteiger partial charge in [0.2, 0.25) is 6.29 Å². The van der Waals surface area contributed by atoms with Crippen LogP contribution in [0.2, 0.25) is 0 Å². The highest BCUT2D eigenvalue weighted by Crippen LogP contribution is 2.02. The van der Waals surface area contributed by atoms with Crippen LogP contribution in [-0.2, 0) is 14.3 Å². The number of carbonyl (C=O) groups excluding carboxylic acids is 1. The fraction of sp³-hybridized carbons (Fsp3) is 0.875. The molecule has 0 saturated carbocycles. The minimum absolute atomic E-state index is 0.370. The van der Waals surface area contributed by atoms with Gasteiger partial charge in [-0.3, -0.25) is 4.79 Å². The lowest BCUT2D eigenvalue weighted by molar-refractivity contribution is -0.205. The first-order valence-corrected chi connectivity index (χ1v) is 4.19. The molecular formula is C8H16O5. The van der Waals surface area contributed by atoms with Gasteiger partial charge in [-0.2, -0.15) is 0 Å². The summed E-state index contributed by atoms with van der Waals surface area (Å²) in [4.78, 5) is 10.5. The maximum absolute atomic E-state index is 10.5. The minimum Gasteiger partial charge on any atom is -0.433 e. The first kappa shape index (κ1) is 12.3. The van der Waals surface area contributed by atoms with Gasteiger partial charge in [-0.15, -0.1) is 0 Å². The van der Waals surface area contributed by atoms with Crippen LogP contribution in [-0.4, -0.2) is 41.8 Å². The summed E-state index contributed by atoms with van der Waals surface area (Å²) in [6, 6.07) is 0. The quantitative estimate of drug-likeness (QED) is 0.444. The second-order valence-corrected chi connectivity index (χ2v) is 2.60. The Morgan fingerprint density at radius 1 is 1.54 bits per heavy atom. The molecule has 0 heterocycles. The van der Waals surface area contributed by atoms with Crippen LogP contribution in [0.4, 0.5) is 0 Å². The van der Waals surface area contributed by atoms with Gasteiger partial charge in [-0.05, 0) is 6.42 Å². The molecule has 0 bridgehead atoms. The largest absolute Gasteiger partial charge is 0.433 e. The van der Waals surface area contributed by atoms with Crippen molar-refractivity contribution in [1.82, 2.24) is 0 Å². The van der Waals surface area contributed by atoms with E-state index in [0.717, 1.165) is 6.42 Å². The van der Waals surface area contributed by atoms with Crippen LogP contribution in [0.25, 0.3) is 0 Å². The zero-order valence-corrected chi connectivity index (χ0v) is 7.90. The van der Waals surface area contributed by atoms with Crippen LogP contribution >= 0.6 is 0 Å². The molecule has 78 valence electrons. The lowest BCUT2D eigenvalue weighted by atomic mass is 10.3.